The van der Waals surface area contributed by atoms with E-state index in [9.17, 15) is 9.59 Å². The third-order valence-electron chi connectivity index (χ3n) is 3.31. The van der Waals surface area contributed by atoms with Crippen LogP contribution in [0.5, 0.6) is 0 Å². The van der Waals surface area contributed by atoms with Crippen LogP contribution in [0.15, 0.2) is 60.4 Å². The summed E-state index contributed by atoms with van der Waals surface area (Å²) < 4.78 is 0. The number of aromatic nitrogens is 1. The molecule has 0 saturated carbocycles. The molecule has 0 aliphatic carbocycles. The van der Waals surface area contributed by atoms with E-state index < -0.39 is 0 Å². The molecule has 2 rings (SSSR count). The van der Waals surface area contributed by atoms with E-state index in [0.29, 0.717) is 24.2 Å². The minimum atomic E-state index is -0.190. The number of rotatable bonds is 7. The van der Waals surface area contributed by atoms with Crippen molar-refractivity contribution in [3.05, 3.63) is 66.0 Å². The number of carbonyl (C=O) groups excluding carboxylic acids is 2. The van der Waals surface area contributed by atoms with Gasteiger partial charge in [-0.25, -0.2) is 0 Å². The van der Waals surface area contributed by atoms with Crippen molar-refractivity contribution in [2.24, 2.45) is 0 Å². The summed E-state index contributed by atoms with van der Waals surface area (Å²) in [6, 6.07) is 10.8. The third-order valence-corrected chi connectivity index (χ3v) is 3.31. The van der Waals surface area contributed by atoms with Crippen molar-refractivity contribution in [3.8, 4) is 0 Å². The number of hydrogen-bond donors (Lipinski definition) is 2. The maximum absolute atomic E-state index is 12.3. The molecule has 3 N–H and O–H groups in total. The van der Waals surface area contributed by atoms with Crippen LogP contribution in [0.25, 0.3) is 0 Å². The van der Waals surface area contributed by atoms with Gasteiger partial charge in [-0.3, -0.25) is 14.6 Å². The van der Waals surface area contributed by atoms with Crippen molar-refractivity contribution in [3.63, 3.8) is 0 Å². The van der Waals surface area contributed by atoms with Gasteiger partial charge in [0.15, 0.2) is 5.78 Å². The summed E-state index contributed by atoms with van der Waals surface area (Å²) in [5, 5.41) is 4.76. The average molecular weight is 360 g/mol. The lowest BCUT2D eigenvalue weighted by Crippen LogP contribution is -3.00. The number of nitrogens with one attached hydrogen (secondary N) is 1. The van der Waals surface area contributed by atoms with Gasteiger partial charge in [-0.1, -0.05) is 17.7 Å². The topological polar surface area (TPSA) is 75.7 Å². The van der Waals surface area contributed by atoms with Gasteiger partial charge in [-0.05, 0) is 32.0 Å². The van der Waals surface area contributed by atoms with E-state index in [1.807, 2.05) is 31.3 Å². The molecular formula is C19H22ClN3O2. The molecule has 132 valence electrons. The fraction of sp³-hybridized carbons (Fsp3) is 0.211. The minimum Gasteiger partial charge on any atom is -1.00 e. The standard InChI is InChI=1S/C19H21N3O2.ClH/c1-14(2)11-19(24)22-16-6-3-5-15(12-16)18(23)8-10-21-17-7-4-9-20-13-17;/h3-7,9,11-13,21H,8,10H2,1-2H3,(H,22,24);1H. The van der Waals surface area contributed by atoms with Gasteiger partial charge >= 0.3 is 0 Å². The second kappa shape index (κ2) is 10.4. The van der Waals surface area contributed by atoms with Gasteiger partial charge in [0.1, 0.15) is 5.69 Å². The van der Waals surface area contributed by atoms with Gasteiger partial charge in [0.25, 0.3) is 0 Å². The van der Waals surface area contributed by atoms with Crippen LogP contribution in [0.1, 0.15) is 30.6 Å². The van der Waals surface area contributed by atoms with Crippen molar-refractivity contribution >= 4 is 23.1 Å². The van der Waals surface area contributed by atoms with Crippen molar-refractivity contribution in [2.75, 3.05) is 11.9 Å². The van der Waals surface area contributed by atoms with Crippen molar-refractivity contribution < 1.29 is 27.3 Å². The van der Waals surface area contributed by atoms with Crippen molar-refractivity contribution in [1.29, 1.82) is 0 Å². The summed E-state index contributed by atoms with van der Waals surface area (Å²) in [5.41, 5.74) is 3.16. The number of nitrogens with zero attached hydrogens (tertiary/aromatic N) is 1. The Hall–Kier alpha value is -2.50. The van der Waals surface area contributed by atoms with Gasteiger partial charge in [-0.15, -0.1) is 0 Å². The average Bonchev–Trinajstić information content (AvgIpc) is 2.55. The number of amides is 1. The lowest BCUT2D eigenvalue weighted by Gasteiger charge is -2.06. The summed E-state index contributed by atoms with van der Waals surface area (Å²) in [7, 11) is 0. The molecule has 1 aromatic carbocycles. The Morgan fingerprint density at radius 3 is 2.68 bits per heavy atom. The number of allylic oxidation sites excluding steroid dienone is 1. The Morgan fingerprint density at radius 2 is 2.00 bits per heavy atom. The van der Waals surface area contributed by atoms with Gasteiger partial charge in [0.2, 0.25) is 5.91 Å². The molecular weight excluding hydrogens is 338 g/mol. The Balaban J connectivity index is 0.00000312. The number of ketones is 1. The number of halogens is 1. The number of carbonyl (C=O) groups is 2. The van der Waals surface area contributed by atoms with E-state index >= 15 is 0 Å². The van der Waals surface area contributed by atoms with Gasteiger partial charge in [0, 0.05) is 29.6 Å². The van der Waals surface area contributed by atoms with Crippen molar-refractivity contribution in [2.45, 2.75) is 20.3 Å². The number of benzene rings is 1. The zero-order valence-electron chi connectivity index (χ0n) is 14.3. The zero-order chi connectivity index (χ0) is 17.4. The maximum atomic E-state index is 12.3. The Bertz CT molecular complexity index is 741. The normalized spacial score (nSPS) is 9.68. The molecule has 6 heteroatoms. The molecule has 0 fully saturated rings. The van der Waals surface area contributed by atoms with Crippen LogP contribution in [0.2, 0.25) is 0 Å². The molecule has 0 unspecified atom stereocenters. The molecule has 0 radical (unpaired) electrons. The zero-order valence-corrected chi connectivity index (χ0v) is 15.1. The van der Waals surface area contributed by atoms with Crippen LogP contribution in [0.4, 0.5) is 11.4 Å². The molecule has 0 bridgehead atoms. The van der Waals surface area contributed by atoms with E-state index in [1.165, 1.54) is 6.08 Å². The molecule has 0 spiro atoms. The smallest absolute Gasteiger partial charge is 0.248 e. The quantitative estimate of drug-likeness (QED) is 0.515. The highest BCUT2D eigenvalue weighted by Crippen LogP contribution is 2.12. The predicted octanol–water partition coefficient (Wildman–Crippen LogP) is -0.542. The van der Waals surface area contributed by atoms with E-state index in [-0.39, 0.29) is 24.1 Å². The first-order chi connectivity index (χ1) is 11.5. The number of quaternary nitrogens is 1. The fourth-order valence-corrected chi connectivity index (χ4v) is 2.22. The number of pyridine rings is 1. The van der Waals surface area contributed by atoms with Crippen molar-refractivity contribution in [1.82, 2.24) is 4.98 Å². The number of Topliss-reactive ketones (excluding diaryl/α,β-unsaturated/α-hetero) is 1. The largest absolute Gasteiger partial charge is 1.00 e. The maximum Gasteiger partial charge on any atom is 0.248 e. The molecule has 2 aromatic rings. The summed E-state index contributed by atoms with van der Waals surface area (Å²) in [4.78, 5) is 28.1. The van der Waals surface area contributed by atoms with Crippen LogP contribution in [0, 0.1) is 0 Å². The highest BCUT2D eigenvalue weighted by molar-refractivity contribution is 6.01. The predicted molar refractivity (Wildman–Crippen MR) is 94.1 cm³/mol. The second-order valence-corrected chi connectivity index (χ2v) is 5.74. The Labute approximate surface area is 154 Å². The van der Waals surface area contributed by atoms with E-state index in [4.69, 9.17) is 0 Å². The number of nitrogens with two attached hydrogens (primary N) is 1. The minimum absolute atomic E-state index is 0. The first-order valence-electron chi connectivity index (χ1n) is 7.87. The molecule has 0 atom stereocenters. The Morgan fingerprint density at radius 1 is 1.20 bits per heavy atom. The van der Waals surface area contributed by atoms with Gasteiger partial charge in [0.05, 0.1) is 19.2 Å². The molecule has 5 nitrogen and oxygen atoms in total. The third kappa shape index (κ3) is 7.28. The van der Waals surface area contributed by atoms with Crippen LogP contribution < -0.4 is 23.0 Å². The molecule has 1 aromatic heterocycles. The molecule has 25 heavy (non-hydrogen) atoms. The molecule has 0 aliphatic rings. The highest BCUT2D eigenvalue weighted by Gasteiger charge is 2.09. The summed E-state index contributed by atoms with van der Waals surface area (Å²) in [6.07, 6.45) is 5.43. The molecule has 1 heterocycles. The highest BCUT2D eigenvalue weighted by atomic mass is 35.5. The first-order valence-corrected chi connectivity index (χ1v) is 7.87. The van der Waals surface area contributed by atoms with Gasteiger partial charge in [-0.2, -0.15) is 0 Å². The van der Waals surface area contributed by atoms with Crippen LogP contribution in [-0.2, 0) is 4.79 Å². The van der Waals surface area contributed by atoms with Crippen LogP contribution >= 0.6 is 0 Å². The summed E-state index contributed by atoms with van der Waals surface area (Å²) in [5.74, 6) is -0.141. The van der Waals surface area contributed by atoms with Crippen LogP contribution in [0.3, 0.4) is 0 Å². The monoisotopic (exact) mass is 359 g/mol. The number of anilines is 1. The summed E-state index contributed by atoms with van der Waals surface area (Å²) in [6.45, 7) is 4.37. The lowest BCUT2D eigenvalue weighted by atomic mass is 10.1. The molecule has 0 saturated heterocycles. The van der Waals surface area contributed by atoms with Crippen LogP contribution in [-0.4, -0.2) is 23.2 Å². The second-order valence-electron chi connectivity index (χ2n) is 5.74. The first kappa shape index (κ1) is 20.5. The fourth-order valence-electron chi connectivity index (χ4n) is 2.22. The van der Waals surface area contributed by atoms with E-state index in [0.717, 1.165) is 11.3 Å². The Kier molecular flexibility index (Phi) is 8.53. The molecule has 0 aliphatic heterocycles. The van der Waals surface area contributed by atoms with E-state index in [2.05, 4.69) is 10.3 Å². The SMILES string of the molecule is CC(C)=CC(=O)Nc1cccc(C(=O)CC[NH2+]c2cccnc2)c1.[Cl-]. The molecule has 1 amide bonds. The number of hydrogen-bond acceptors (Lipinski definition) is 3. The van der Waals surface area contributed by atoms with E-state index in [1.54, 1.807) is 36.7 Å². The lowest BCUT2D eigenvalue weighted by molar-refractivity contribution is -0.570. The van der Waals surface area contributed by atoms with Gasteiger partial charge < -0.3 is 23.0 Å². The summed E-state index contributed by atoms with van der Waals surface area (Å²) >= 11 is 0.